The van der Waals surface area contributed by atoms with Gasteiger partial charge in [0.05, 0.1) is 22.8 Å². The molecule has 8 heteroatoms. The van der Waals surface area contributed by atoms with Gasteiger partial charge in [-0.25, -0.2) is 0 Å². The van der Waals surface area contributed by atoms with Gasteiger partial charge in [0, 0.05) is 29.9 Å². The Balaban J connectivity index is 1.70. The van der Waals surface area contributed by atoms with E-state index in [1.165, 1.54) is 6.07 Å². The van der Waals surface area contributed by atoms with Crippen LogP contribution in [0.15, 0.2) is 81.8 Å². The molecule has 0 aliphatic carbocycles. The number of rotatable bonds is 3. The summed E-state index contributed by atoms with van der Waals surface area (Å²) in [7, 11) is 0. The Bertz CT molecular complexity index is 1210. The van der Waals surface area contributed by atoms with E-state index in [2.05, 4.69) is 15.5 Å². The average Bonchev–Trinajstić information content (AvgIpc) is 3.27. The predicted octanol–water partition coefficient (Wildman–Crippen LogP) is 5.63. The number of carbonyl (C=O) groups excluding carboxylic acids is 1. The smallest absolute Gasteiger partial charge is 0.362 e. The lowest BCUT2D eigenvalue weighted by atomic mass is 9.62. The van der Waals surface area contributed by atoms with Crippen molar-refractivity contribution in [2.75, 3.05) is 11.4 Å². The van der Waals surface area contributed by atoms with E-state index in [0.29, 0.717) is 36.1 Å². The molecule has 1 unspecified atom stereocenters. The second-order valence-electron chi connectivity index (χ2n) is 8.60. The van der Waals surface area contributed by atoms with E-state index in [0.717, 1.165) is 29.1 Å². The number of alkyl halides is 3. The molecular weight excluding hydrogens is 429 g/mol. The van der Waals surface area contributed by atoms with Crippen molar-refractivity contribution in [3.05, 3.63) is 88.3 Å². The molecule has 2 aromatic rings. The lowest BCUT2D eigenvalue weighted by Gasteiger charge is -2.47. The Morgan fingerprint density at radius 2 is 1.94 bits per heavy atom. The summed E-state index contributed by atoms with van der Waals surface area (Å²) < 4.78 is 40.8. The highest BCUT2D eigenvalue weighted by molar-refractivity contribution is 6.09. The molecule has 2 atom stereocenters. The van der Waals surface area contributed by atoms with Gasteiger partial charge in [-0.1, -0.05) is 42.8 Å². The molecule has 5 nitrogen and oxygen atoms in total. The van der Waals surface area contributed by atoms with Crippen LogP contribution in [0.5, 0.6) is 0 Å². The second-order valence-corrected chi connectivity index (χ2v) is 8.60. The Morgan fingerprint density at radius 1 is 1.18 bits per heavy atom. The number of halogens is 3. The molecule has 0 spiro atoms. The van der Waals surface area contributed by atoms with E-state index < -0.39 is 23.3 Å². The van der Waals surface area contributed by atoms with Gasteiger partial charge in [0.15, 0.2) is 6.17 Å². The van der Waals surface area contributed by atoms with Gasteiger partial charge in [0.1, 0.15) is 0 Å². The fourth-order valence-corrected chi connectivity index (χ4v) is 5.18. The quantitative estimate of drug-likeness (QED) is 0.656. The largest absolute Gasteiger partial charge is 0.416 e. The normalized spacial score (nSPS) is 24.4. The standard InChI is InChI=1S/C25H23F3N4O/c1-3-24(16-5-4-6-17(13-16)25(26,27)28)19-14-29-31-22(19)30-20-11-12-32(23(33)21(20)24)18-9-7-15(2)8-10-18/h4-10,13-14,22,30H,3,11-12H2,1-2H3/t22?,24-/m1/s1. The minimum absolute atomic E-state index is 0.210. The van der Waals surface area contributed by atoms with Gasteiger partial charge in [-0.15, -0.1) is 0 Å². The first-order chi connectivity index (χ1) is 15.8. The molecule has 2 aromatic carbocycles. The summed E-state index contributed by atoms with van der Waals surface area (Å²) in [4.78, 5) is 15.7. The summed E-state index contributed by atoms with van der Waals surface area (Å²) in [6.07, 6.45) is -2.44. The van der Waals surface area contributed by atoms with Gasteiger partial charge >= 0.3 is 6.18 Å². The maximum Gasteiger partial charge on any atom is 0.416 e. The van der Waals surface area contributed by atoms with E-state index in [4.69, 9.17) is 0 Å². The predicted molar refractivity (Wildman–Crippen MR) is 118 cm³/mol. The first-order valence-corrected chi connectivity index (χ1v) is 10.9. The van der Waals surface area contributed by atoms with Gasteiger partial charge in [-0.3, -0.25) is 4.79 Å². The summed E-state index contributed by atoms with van der Waals surface area (Å²) in [5, 5.41) is 11.6. The summed E-state index contributed by atoms with van der Waals surface area (Å²) in [5.41, 5.74) is 2.38. The van der Waals surface area contributed by atoms with Crippen molar-refractivity contribution in [2.24, 2.45) is 10.2 Å². The number of amides is 1. The molecule has 0 radical (unpaired) electrons. The van der Waals surface area contributed by atoms with Crippen molar-refractivity contribution < 1.29 is 18.0 Å². The van der Waals surface area contributed by atoms with Gasteiger partial charge in [0.25, 0.3) is 5.91 Å². The topological polar surface area (TPSA) is 57.1 Å². The molecule has 170 valence electrons. The number of hydrogen-bond donors (Lipinski definition) is 1. The lowest BCUT2D eigenvalue weighted by Crippen LogP contribution is -2.54. The van der Waals surface area contributed by atoms with E-state index in [-0.39, 0.29) is 5.91 Å². The Hall–Kier alpha value is -3.42. The van der Waals surface area contributed by atoms with E-state index >= 15 is 0 Å². The third-order valence-electron chi connectivity index (χ3n) is 6.81. The summed E-state index contributed by atoms with van der Waals surface area (Å²) in [6.45, 7) is 4.34. The van der Waals surface area contributed by atoms with E-state index in [1.807, 2.05) is 38.1 Å². The fraction of sp³-hybridized carbons (Fsp3) is 0.320. The number of carbonyl (C=O) groups is 1. The number of nitrogens with one attached hydrogen (secondary N) is 1. The van der Waals surface area contributed by atoms with Crippen molar-refractivity contribution in [1.29, 1.82) is 0 Å². The molecule has 3 aliphatic heterocycles. The molecule has 0 bridgehead atoms. The molecule has 33 heavy (non-hydrogen) atoms. The summed E-state index contributed by atoms with van der Waals surface area (Å²) >= 11 is 0. The van der Waals surface area contributed by atoms with Crippen LogP contribution in [-0.2, 0) is 16.4 Å². The molecule has 5 rings (SSSR count). The highest BCUT2D eigenvalue weighted by Gasteiger charge is 2.53. The minimum Gasteiger partial charge on any atom is -0.362 e. The van der Waals surface area contributed by atoms with E-state index in [9.17, 15) is 18.0 Å². The molecule has 3 heterocycles. The zero-order valence-corrected chi connectivity index (χ0v) is 18.3. The molecule has 1 N–H and O–H groups in total. The first kappa shape index (κ1) is 21.4. The SMILES string of the molecule is CC[C@@]1(c2cccc(C(F)(F)F)c2)C2=CN=NC2NC2=C1C(=O)N(c1ccc(C)cc1)CC2. The highest BCUT2D eigenvalue weighted by atomic mass is 19.4. The fourth-order valence-electron chi connectivity index (χ4n) is 5.18. The monoisotopic (exact) mass is 452 g/mol. The zero-order chi connectivity index (χ0) is 23.4. The number of benzene rings is 2. The van der Waals surface area contributed by atoms with Gasteiger partial charge in [-0.2, -0.15) is 23.4 Å². The van der Waals surface area contributed by atoms with Gasteiger partial charge < -0.3 is 10.2 Å². The first-order valence-electron chi connectivity index (χ1n) is 10.9. The third-order valence-corrected chi connectivity index (χ3v) is 6.81. The van der Waals surface area contributed by atoms with E-state index in [1.54, 1.807) is 17.2 Å². The molecular formula is C25H23F3N4O. The van der Waals surface area contributed by atoms with Crippen LogP contribution in [0.1, 0.15) is 36.5 Å². The van der Waals surface area contributed by atoms with Crippen molar-refractivity contribution in [3.63, 3.8) is 0 Å². The summed E-state index contributed by atoms with van der Waals surface area (Å²) in [5.74, 6) is -0.210. The number of aryl methyl sites for hydroxylation is 1. The number of hydrogen-bond acceptors (Lipinski definition) is 4. The zero-order valence-electron chi connectivity index (χ0n) is 18.3. The van der Waals surface area contributed by atoms with Crippen LogP contribution in [0, 0.1) is 6.92 Å². The molecule has 0 saturated heterocycles. The van der Waals surface area contributed by atoms with Crippen molar-refractivity contribution >= 4 is 11.6 Å². The second kappa shape index (κ2) is 7.57. The Labute approximate surface area is 189 Å². The number of azo groups is 1. The molecule has 0 aromatic heterocycles. The van der Waals surface area contributed by atoms with Crippen molar-refractivity contribution in [3.8, 4) is 0 Å². The van der Waals surface area contributed by atoms with Crippen LogP contribution in [-0.4, -0.2) is 18.6 Å². The van der Waals surface area contributed by atoms with Crippen LogP contribution < -0.4 is 10.2 Å². The molecule has 0 saturated carbocycles. The number of fused-ring (bicyclic) bond motifs is 1. The Morgan fingerprint density at radius 3 is 2.64 bits per heavy atom. The number of nitrogens with zero attached hydrogens (tertiary/aromatic N) is 3. The van der Waals surface area contributed by atoms with Crippen molar-refractivity contribution in [2.45, 2.75) is 44.4 Å². The van der Waals surface area contributed by atoms with Gasteiger partial charge in [0.2, 0.25) is 0 Å². The van der Waals surface area contributed by atoms with Crippen LogP contribution in [0.3, 0.4) is 0 Å². The molecule has 3 aliphatic rings. The molecule has 1 amide bonds. The van der Waals surface area contributed by atoms with Crippen LogP contribution in [0.4, 0.5) is 18.9 Å². The van der Waals surface area contributed by atoms with Crippen LogP contribution in [0.2, 0.25) is 0 Å². The average molecular weight is 452 g/mol. The van der Waals surface area contributed by atoms with Crippen LogP contribution >= 0.6 is 0 Å². The van der Waals surface area contributed by atoms with Gasteiger partial charge in [-0.05, 0) is 37.1 Å². The highest BCUT2D eigenvalue weighted by Crippen LogP contribution is 2.51. The maximum atomic E-state index is 14.0. The number of anilines is 1. The minimum atomic E-state index is -4.49. The lowest BCUT2D eigenvalue weighted by molar-refractivity contribution is -0.137. The van der Waals surface area contributed by atoms with Crippen LogP contribution in [0.25, 0.3) is 0 Å². The van der Waals surface area contributed by atoms with Crippen molar-refractivity contribution in [1.82, 2.24) is 5.32 Å². The maximum absolute atomic E-state index is 14.0. The summed E-state index contributed by atoms with van der Waals surface area (Å²) in [6, 6.07) is 13.0. The molecule has 0 fully saturated rings. The third kappa shape index (κ3) is 3.27. The Kier molecular flexibility index (Phi) is 4.92.